The van der Waals surface area contributed by atoms with Crippen molar-refractivity contribution in [2.75, 3.05) is 11.1 Å². The van der Waals surface area contributed by atoms with Gasteiger partial charge in [0, 0.05) is 12.7 Å². The number of nitrogens with one attached hydrogen (secondary N) is 1. The van der Waals surface area contributed by atoms with Crippen LogP contribution in [0.5, 0.6) is 0 Å². The predicted molar refractivity (Wildman–Crippen MR) is 71.5 cm³/mol. The zero-order chi connectivity index (χ0) is 13.3. The molecule has 0 aliphatic heterocycles. The number of nitrogens with two attached hydrogens (primary N) is 1. The van der Waals surface area contributed by atoms with Crippen LogP contribution in [-0.4, -0.2) is 15.7 Å². The van der Waals surface area contributed by atoms with E-state index in [2.05, 4.69) is 10.4 Å². The molecule has 0 saturated heterocycles. The molecule has 5 heteroatoms. The highest BCUT2D eigenvalue weighted by molar-refractivity contribution is 6.06. The smallest absolute Gasteiger partial charge is 0.276 e. The topological polar surface area (TPSA) is 72.9 Å². The highest BCUT2D eigenvalue weighted by Crippen LogP contribution is 2.16. The van der Waals surface area contributed by atoms with Gasteiger partial charge < -0.3 is 11.1 Å². The summed E-state index contributed by atoms with van der Waals surface area (Å²) in [5.41, 5.74) is 9.42. The third-order valence-electron chi connectivity index (χ3n) is 2.66. The number of carbonyl (C=O) groups excluding carboxylic acids is 1. The molecule has 0 aliphatic rings. The average molecular weight is 244 g/mol. The van der Waals surface area contributed by atoms with Crippen LogP contribution in [0.3, 0.4) is 0 Å². The zero-order valence-corrected chi connectivity index (χ0v) is 10.7. The minimum atomic E-state index is -0.252. The Labute approximate surface area is 106 Å². The fourth-order valence-corrected chi connectivity index (χ4v) is 1.97. The number of benzene rings is 1. The molecule has 1 aromatic heterocycles. The second kappa shape index (κ2) is 4.52. The van der Waals surface area contributed by atoms with Crippen LogP contribution in [0.15, 0.2) is 24.4 Å². The number of nitrogen functional groups attached to an aromatic ring is 1. The summed E-state index contributed by atoms with van der Waals surface area (Å²) in [7, 11) is 1.69. The molecule has 94 valence electrons. The number of carbonyl (C=O) groups is 1. The first-order valence-electron chi connectivity index (χ1n) is 5.64. The summed E-state index contributed by atoms with van der Waals surface area (Å²) in [5, 5.41) is 6.77. The third kappa shape index (κ3) is 2.34. The summed E-state index contributed by atoms with van der Waals surface area (Å²) >= 11 is 0. The summed E-state index contributed by atoms with van der Waals surface area (Å²) in [5.74, 6) is -0.252. The van der Waals surface area contributed by atoms with Crippen molar-refractivity contribution in [2.45, 2.75) is 13.8 Å². The lowest BCUT2D eigenvalue weighted by Gasteiger charge is -2.08. The van der Waals surface area contributed by atoms with Gasteiger partial charge in [-0.15, -0.1) is 0 Å². The van der Waals surface area contributed by atoms with Crippen molar-refractivity contribution in [1.82, 2.24) is 9.78 Å². The van der Waals surface area contributed by atoms with E-state index in [1.54, 1.807) is 7.05 Å². The minimum Gasteiger partial charge on any atom is -0.396 e. The average Bonchev–Trinajstić information content (AvgIpc) is 2.56. The Hall–Kier alpha value is -2.30. The molecular formula is C13H16N4O. The summed E-state index contributed by atoms with van der Waals surface area (Å²) < 4.78 is 1.47. The molecule has 1 heterocycles. The van der Waals surface area contributed by atoms with E-state index >= 15 is 0 Å². The molecule has 3 N–H and O–H groups in total. The molecule has 5 nitrogen and oxygen atoms in total. The van der Waals surface area contributed by atoms with E-state index in [0.29, 0.717) is 11.4 Å². The van der Waals surface area contributed by atoms with Gasteiger partial charge in [0.1, 0.15) is 5.69 Å². The van der Waals surface area contributed by atoms with Crippen LogP contribution in [0.2, 0.25) is 0 Å². The molecule has 1 amide bonds. The number of hydrogen-bond donors (Lipinski definition) is 2. The molecule has 0 bridgehead atoms. The van der Waals surface area contributed by atoms with E-state index in [0.717, 1.165) is 16.8 Å². The molecule has 0 aliphatic carbocycles. The highest BCUT2D eigenvalue weighted by Gasteiger charge is 2.15. The first-order chi connectivity index (χ1) is 8.47. The van der Waals surface area contributed by atoms with Crippen molar-refractivity contribution >= 4 is 17.3 Å². The first-order valence-corrected chi connectivity index (χ1v) is 5.64. The summed E-state index contributed by atoms with van der Waals surface area (Å²) in [4.78, 5) is 12.1. The van der Waals surface area contributed by atoms with E-state index in [4.69, 9.17) is 5.73 Å². The number of aromatic nitrogens is 2. The Balaban J connectivity index is 2.27. The number of nitrogens with zero attached hydrogens (tertiary/aromatic N) is 2. The fraction of sp³-hybridized carbons (Fsp3) is 0.231. The van der Waals surface area contributed by atoms with Gasteiger partial charge in [-0.1, -0.05) is 6.07 Å². The van der Waals surface area contributed by atoms with Gasteiger partial charge in [-0.3, -0.25) is 9.48 Å². The molecular weight excluding hydrogens is 228 g/mol. The van der Waals surface area contributed by atoms with Gasteiger partial charge in [0.25, 0.3) is 5.91 Å². The highest BCUT2D eigenvalue weighted by atomic mass is 16.2. The molecule has 0 radical (unpaired) electrons. The molecule has 18 heavy (non-hydrogen) atoms. The molecule has 0 saturated carbocycles. The Morgan fingerprint density at radius 3 is 2.39 bits per heavy atom. The number of anilines is 2. The zero-order valence-electron chi connectivity index (χ0n) is 10.7. The van der Waals surface area contributed by atoms with Crippen LogP contribution >= 0.6 is 0 Å². The van der Waals surface area contributed by atoms with Crippen LogP contribution in [-0.2, 0) is 7.05 Å². The molecule has 0 atom stereocenters. The van der Waals surface area contributed by atoms with Crippen molar-refractivity contribution in [3.8, 4) is 0 Å². The van der Waals surface area contributed by atoms with Crippen LogP contribution in [0.25, 0.3) is 0 Å². The van der Waals surface area contributed by atoms with Crippen LogP contribution in [0.4, 0.5) is 11.4 Å². The first kappa shape index (κ1) is 12.2. The van der Waals surface area contributed by atoms with E-state index in [1.165, 1.54) is 10.9 Å². The number of rotatable bonds is 2. The van der Waals surface area contributed by atoms with Crippen molar-refractivity contribution in [3.63, 3.8) is 0 Å². The molecule has 0 fully saturated rings. The summed E-state index contributed by atoms with van der Waals surface area (Å²) in [6, 6.07) is 5.88. The van der Waals surface area contributed by atoms with Gasteiger partial charge in [0.2, 0.25) is 0 Å². The van der Waals surface area contributed by atoms with E-state index in [9.17, 15) is 4.79 Å². The lowest BCUT2D eigenvalue weighted by molar-refractivity contribution is 0.101. The van der Waals surface area contributed by atoms with Gasteiger partial charge in [-0.2, -0.15) is 5.10 Å². The predicted octanol–water partition coefficient (Wildman–Crippen LogP) is 1.87. The second-order valence-electron chi connectivity index (χ2n) is 4.40. The Kier molecular flexibility index (Phi) is 3.06. The maximum absolute atomic E-state index is 12.1. The van der Waals surface area contributed by atoms with Crippen molar-refractivity contribution < 1.29 is 4.79 Å². The van der Waals surface area contributed by atoms with Crippen LogP contribution in [0, 0.1) is 13.8 Å². The lowest BCUT2D eigenvalue weighted by atomic mass is 10.1. The minimum absolute atomic E-state index is 0.252. The number of aryl methyl sites for hydroxylation is 3. The Bertz CT molecular complexity index is 561. The normalized spacial score (nSPS) is 10.4. The van der Waals surface area contributed by atoms with Crippen LogP contribution in [0.1, 0.15) is 21.6 Å². The molecule has 0 unspecified atom stereocenters. The van der Waals surface area contributed by atoms with Crippen molar-refractivity contribution in [1.29, 1.82) is 0 Å². The SMILES string of the molecule is Cc1cc(C)cc(NC(=O)c2c(N)cnn2C)c1. The van der Waals surface area contributed by atoms with E-state index in [1.807, 2.05) is 32.0 Å². The molecule has 0 spiro atoms. The van der Waals surface area contributed by atoms with Gasteiger partial charge in [-0.05, 0) is 37.1 Å². The quantitative estimate of drug-likeness (QED) is 0.847. The van der Waals surface area contributed by atoms with Gasteiger partial charge in [0.05, 0.1) is 11.9 Å². The maximum atomic E-state index is 12.1. The van der Waals surface area contributed by atoms with Gasteiger partial charge in [-0.25, -0.2) is 0 Å². The lowest BCUT2D eigenvalue weighted by Crippen LogP contribution is -2.17. The maximum Gasteiger partial charge on any atom is 0.276 e. The second-order valence-corrected chi connectivity index (χ2v) is 4.40. The standard InChI is InChI=1S/C13H16N4O/c1-8-4-9(2)6-10(5-8)16-13(18)12-11(14)7-15-17(12)3/h4-7H,14H2,1-3H3,(H,16,18). The van der Waals surface area contributed by atoms with E-state index < -0.39 is 0 Å². The van der Waals surface area contributed by atoms with Crippen molar-refractivity contribution in [3.05, 3.63) is 41.2 Å². The van der Waals surface area contributed by atoms with Gasteiger partial charge >= 0.3 is 0 Å². The molecule has 2 rings (SSSR count). The van der Waals surface area contributed by atoms with Crippen molar-refractivity contribution in [2.24, 2.45) is 7.05 Å². The summed E-state index contributed by atoms with van der Waals surface area (Å²) in [6.07, 6.45) is 1.47. The molecule has 1 aromatic carbocycles. The van der Waals surface area contributed by atoms with Crippen LogP contribution < -0.4 is 11.1 Å². The van der Waals surface area contributed by atoms with Gasteiger partial charge in [0.15, 0.2) is 0 Å². The number of amides is 1. The van der Waals surface area contributed by atoms with E-state index in [-0.39, 0.29) is 5.91 Å². The fourth-order valence-electron chi connectivity index (χ4n) is 1.97. The number of hydrogen-bond acceptors (Lipinski definition) is 3. The monoisotopic (exact) mass is 244 g/mol. The third-order valence-corrected chi connectivity index (χ3v) is 2.66. The Morgan fingerprint density at radius 2 is 1.89 bits per heavy atom. The Morgan fingerprint density at radius 1 is 1.28 bits per heavy atom. The molecule has 2 aromatic rings. The largest absolute Gasteiger partial charge is 0.396 e. The summed E-state index contributed by atoms with van der Waals surface area (Å²) in [6.45, 7) is 3.97.